The summed E-state index contributed by atoms with van der Waals surface area (Å²) in [6, 6.07) is 0. The summed E-state index contributed by atoms with van der Waals surface area (Å²) >= 11 is 0. The van der Waals surface area contributed by atoms with E-state index in [1.54, 1.807) is 18.7 Å². The van der Waals surface area contributed by atoms with Gasteiger partial charge in [0.15, 0.2) is 6.39 Å². The molecule has 0 radical (unpaired) electrons. The van der Waals surface area contributed by atoms with Gasteiger partial charge in [0.2, 0.25) is 5.89 Å². The lowest BCUT2D eigenvalue weighted by molar-refractivity contribution is 0.209. The molecule has 86 valence electrons. The van der Waals surface area contributed by atoms with Crippen LogP contribution in [0.4, 0.5) is 0 Å². The van der Waals surface area contributed by atoms with E-state index in [1.807, 2.05) is 0 Å². The van der Waals surface area contributed by atoms with Crippen LogP contribution in [0.5, 0.6) is 0 Å². The Morgan fingerprint density at radius 2 is 1.81 bits per heavy atom. The molecule has 2 heterocycles. The van der Waals surface area contributed by atoms with Crippen molar-refractivity contribution >= 4 is 0 Å². The Morgan fingerprint density at radius 3 is 2.31 bits per heavy atom. The number of hydrogen-bond donors (Lipinski definition) is 0. The zero-order valence-electron chi connectivity index (χ0n) is 10.0. The number of nitrogens with zero attached hydrogens (tertiary/aromatic N) is 2. The monoisotopic (exact) mass is 220 g/mol. The van der Waals surface area contributed by atoms with Crippen molar-refractivity contribution in [2.24, 2.45) is 0 Å². The fourth-order valence-corrected chi connectivity index (χ4v) is 1.63. The predicted molar refractivity (Wildman–Crippen MR) is 59.1 cm³/mol. The molecule has 0 aromatic carbocycles. The maximum Gasteiger partial charge on any atom is 0.200 e. The molecular formula is C12H16N2O2. The highest BCUT2D eigenvalue weighted by atomic mass is 16.3. The van der Waals surface area contributed by atoms with E-state index >= 15 is 0 Å². The minimum atomic E-state index is -0.268. The summed E-state index contributed by atoms with van der Waals surface area (Å²) in [6.07, 6.45) is 6.44. The van der Waals surface area contributed by atoms with Gasteiger partial charge in [-0.25, -0.2) is 9.97 Å². The van der Waals surface area contributed by atoms with Gasteiger partial charge in [-0.1, -0.05) is 27.7 Å². The SMILES string of the molecule is CC(C)(c1cnco1)C(C)(C)c1ncco1. The molecule has 0 aliphatic carbocycles. The molecule has 0 aliphatic heterocycles. The first-order valence-corrected chi connectivity index (χ1v) is 5.25. The molecule has 0 fully saturated rings. The second-order valence-corrected chi connectivity index (χ2v) is 4.95. The Bertz CT molecular complexity index is 397. The highest BCUT2D eigenvalue weighted by Gasteiger charge is 2.45. The first-order valence-electron chi connectivity index (χ1n) is 5.25. The number of oxazole rings is 2. The van der Waals surface area contributed by atoms with E-state index in [1.165, 1.54) is 6.39 Å². The van der Waals surface area contributed by atoms with E-state index in [0.29, 0.717) is 5.89 Å². The van der Waals surface area contributed by atoms with Gasteiger partial charge >= 0.3 is 0 Å². The van der Waals surface area contributed by atoms with Gasteiger partial charge in [-0.15, -0.1) is 0 Å². The van der Waals surface area contributed by atoms with Gasteiger partial charge in [0.1, 0.15) is 12.0 Å². The van der Waals surface area contributed by atoms with Crippen molar-refractivity contribution in [3.63, 3.8) is 0 Å². The fraction of sp³-hybridized carbons (Fsp3) is 0.500. The van der Waals surface area contributed by atoms with Gasteiger partial charge in [-0.05, 0) is 0 Å². The third-order valence-electron chi connectivity index (χ3n) is 3.58. The van der Waals surface area contributed by atoms with E-state index in [0.717, 1.165) is 5.76 Å². The van der Waals surface area contributed by atoms with Crippen LogP contribution in [0.3, 0.4) is 0 Å². The normalized spacial score (nSPS) is 13.0. The summed E-state index contributed by atoms with van der Waals surface area (Å²) in [7, 11) is 0. The topological polar surface area (TPSA) is 52.1 Å². The van der Waals surface area contributed by atoms with Crippen molar-refractivity contribution in [2.45, 2.75) is 38.5 Å². The van der Waals surface area contributed by atoms with Crippen molar-refractivity contribution in [1.82, 2.24) is 9.97 Å². The van der Waals surface area contributed by atoms with Gasteiger partial charge in [0, 0.05) is 5.41 Å². The van der Waals surface area contributed by atoms with Crippen molar-refractivity contribution in [3.8, 4) is 0 Å². The predicted octanol–water partition coefficient (Wildman–Crippen LogP) is 2.92. The van der Waals surface area contributed by atoms with Crippen LogP contribution in [0.1, 0.15) is 39.3 Å². The number of aromatic nitrogens is 2. The third kappa shape index (κ3) is 1.45. The molecule has 0 saturated carbocycles. The maximum absolute atomic E-state index is 5.41. The minimum Gasteiger partial charge on any atom is -0.448 e. The molecular weight excluding hydrogens is 204 g/mol. The van der Waals surface area contributed by atoms with Gasteiger partial charge in [0.25, 0.3) is 0 Å². The van der Waals surface area contributed by atoms with Crippen LogP contribution in [0, 0.1) is 0 Å². The summed E-state index contributed by atoms with van der Waals surface area (Å²) in [6.45, 7) is 8.36. The Kier molecular flexibility index (Phi) is 2.37. The number of rotatable bonds is 3. The van der Waals surface area contributed by atoms with Crippen LogP contribution in [0.25, 0.3) is 0 Å². The van der Waals surface area contributed by atoms with Crippen LogP contribution >= 0.6 is 0 Å². The minimum absolute atomic E-state index is 0.242. The van der Waals surface area contributed by atoms with Crippen molar-refractivity contribution in [1.29, 1.82) is 0 Å². The lowest BCUT2D eigenvalue weighted by Gasteiger charge is -2.37. The molecule has 2 rings (SSSR count). The Labute approximate surface area is 94.7 Å². The molecule has 0 unspecified atom stereocenters. The van der Waals surface area contributed by atoms with Crippen molar-refractivity contribution < 1.29 is 8.83 Å². The molecule has 0 saturated heterocycles. The van der Waals surface area contributed by atoms with E-state index < -0.39 is 0 Å². The average molecular weight is 220 g/mol. The first kappa shape index (κ1) is 10.9. The smallest absolute Gasteiger partial charge is 0.200 e. The number of hydrogen-bond acceptors (Lipinski definition) is 4. The molecule has 0 bridgehead atoms. The van der Waals surface area contributed by atoms with Gasteiger partial charge in [-0.2, -0.15) is 0 Å². The third-order valence-corrected chi connectivity index (χ3v) is 3.58. The van der Waals surface area contributed by atoms with Crippen LogP contribution in [-0.2, 0) is 10.8 Å². The van der Waals surface area contributed by atoms with E-state index in [4.69, 9.17) is 8.83 Å². The standard InChI is InChI=1S/C12H16N2O2/c1-11(2,9-7-13-8-16-9)12(3,4)10-14-5-6-15-10/h5-8H,1-4H3. The second-order valence-electron chi connectivity index (χ2n) is 4.95. The molecule has 4 nitrogen and oxygen atoms in total. The van der Waals surface area contributed by atoms with E-state index in [-0.39, 0.29) is 10.8 Å². The summed E-state index contributed by atoms with van der Waals surface area (Å²) in [4.78, 5) is 8.20. The van der Waals surface area contributed by atoms with E-state index in [9.17, 15) is 0 Å². The molecule has 0 amide bonds. The largest absolute Gasteiger partial charge is 0.448 e. The summed E-state index contributed by atoms with van der Waals surface area (Å²) in [5, 5.41) is 0. The maximum atomic E-state index is 5.41. The van der Waals surface area contributed by atoms with Crippen LogP contribution in [0.15, 0.2) is 33.9 Å². The van der Waals surface area contributed by atoms with Crippen LogP contribution in [-0.4, -0.2) is 9.97 Å². The van der Waals surface area contributed by atoms with Crippen LogP contribution < -0.4 is 0 Å². The quantitative estimate of drug-likeness (QED) is 0.798. The fourth-order valence-electron chi connectivity index (χ4n) is 1.63. The van der Waals surface area contributed by atoms with Gasteiger partial charge in [-0.3, -0.25) is 0 Å². The molecule has 2 aromatic heterocycles. The Hall–Kier alpha value is -1.58. The highest BCUT2D eigenvalue weighted by Crippen LogP contribution is 2.42. The molecule has 0 spiro atoms. The second kappa shape index (κ2) is 3.47. The molecule has 0 atom stereocenters. The first-order chi connectivity index (χ1) is 7.46. The summed E-state index contributed by atoms with van der Waals surface area (Å²) in [5.41, 5.74) is -0.510. The summed E-state index contributed by atoms with van der Waals surface area (Å²) < 4.78 is 10.8. The highest BCUT2D eigenvalue weighted by molar-refractivity contribution is 5.21. The average Bonchev–Trinajstić information content (AvgIpc) is 2.91. The lowest BCUT2D eigenvalue weighted by atomic mass is 9.66. The van der Waals surface area contributed by atoms with Crippen molar-refractivity contribution in [3.05, 3.63) is 36.7 Å². The molecule has 16 heavy (non-hydrogen) atoms. The zero-order valence-corrected chi connectivity index (χ0v) is 10.0. The lowest BCUT2D eigenvalue weighted by Crippen LogP contribution is -2.40. The van der Waals surface area contributed by atoms with Gasteiger partial charge < -0.3 is 8.83 Å². The Balaban J connectivity index is 2.44. The van der Waals surface area contributed by atoms with Crippen molar-refractivity contribution in [2.75, 3.05) is 0 Å². The molecule has 0 aliphatic rings. The Morgan fingerprint density at radius 1 is 1.06 bits per heavy atom. The molecule has 0 N–H and O–H groups in total. The molecule has 4 heteroatoms. The van der Waals surface area contributed by atoms with Crippen LogP contribution in [0.2, 0.25) is 0 Å². The zero-order chi connectivity index (χ0) is 11.8. The van der Waals surface area contributed by atoms with Gasteiger partial charge in [0.05, 0.1) is 17.8 Å². The van der Waals surface area contributed by atoms with E-state index in [2.05, 4.69) is 37.7 Å². The molecule has 2 aromatic rings. The summed E-state index contributed by atoms with van der Waals surface area (Å²) in [5.74, 6) is 1.53.